The fourth-order valence-electron chi connectivity index (χ4n) is 1.45. The van der Waals surface area contributed by atoms with Gasteiger partial charge >= 0.3 is 0 Å². The Bertz CT molecular complexity index is 427. The SMILES string of the molecule is OC(CCS)c1ccc2nc[nH]c2c1. The number of nitrogens with zero attached hydrogens (tertiary/aromatic N) is 1. The zero-order valence-corrected chi connectivity index (χ0v) is 8.54. The van der Waals surface area contributed by atoms with E-state index in [0.29, 0.717) is 12.2 Å². The summed E-state index contributed by atoms with van der Waals surface area (Å²) in [4.78, 5) is 7.13. The summed E-state index contributed by atoms with van der Waals surface area (Å²) < 4.78 is 0. The molecule has 0 saturated carbocycles. The third kappa shape index (κ3) is 1.76. The Morgan fingerprint density at radius 1 is 1.50 bits per heavy atom. The lowest BCUT2D eigenvalue weighted by Crippen LogP contribution is -1.97. The number of imidazole rings is 1. The summed E-state index contributed by atoms with van der Waals surface area (Å²) in [6.07, 6.45) is 1.89. The van der Waals surface area contributed by atoms with Crippen molar-refractivity contribution in [3.05, 3.63) is 30.1 Å². The van der Waals surface area contributed by atoms with Crippen LogP contribution in [0.15, 0.2) is 24.5 Å². The van der Waals surface area contributed by atoms with Crippen molar-refractivity contribution in [1.29, 1.82) is 0 Å². The van der Waals surface area contributed by atoms with E-state index in [0.717, 1.165) is 16.6 Å². The number of benzene rings is 1. The molecule has 2 N–H and O–H groups in total. The lowest BCUT2D eigenvalue weighted by atomic mass is 10.1. The molecule has 2 rings (SSSR count). The molecule has 3 nitrogen and oxygen atoms in total. The van der Waals surface area contributed by atoms with Crippen LogP contribution in [0.25, 0.3) is 11.0 Å². The monoisotopic (exact) mass is 208 g/mol. The van der Waals surface area contributed by atoms with Crippen molar-refractivity contribution in [2.24, 2.45) is 0 Å². The van der Waals surface area contributed by atoms with Crippen molar-refractivity contribution in [2.75, 3.05) is 5.75 Å². The lowest BCUT2D eigenvalue weighted by molar-refractivity contribution is 0.175. The average molecular weight is 208 g/mol. The fourth-order valence-corrected chi connectivity index (χ4v) is 1.69. The standard InChI is InChI=1S/C10H12N2OS/c13-10(3-4-14)7-1-2-8-9(5-7)12-6-11-8/h1-2,5-6,10,13-14H,3-4H2,(H,11,12). The molecule has 0 fully saturated rings. The van der Waals surface area contributed by atoms with Crippen LogP contribution < -0.4 is 0 Å². The van der Waals surface area contributed by atoms with E-state index in [9.17, 15) is 5.11 Å². The topological polar surface area (TPSA) is 48.9 Å². The molecule has 0 aliphatic rings. The third-order valence-electron chi connectivity index (χ3n) is 2.23. The van der Waals surface area contributed by atoms with E-state index in [4.69, 9.17) is 0 Å². The number of thiol groups is 1. The first-order chi connectivity index (χ1) is 6.81. The highest BCUT2D eigenvalue weighted by molar-refractivity contribution is 7.80. The number of hydrogen-bond donors (Lipinski definition) is 3. The molecule has 2 aromatic rings. The molecular formula is C10H12N2OS. The van der Waals surface area contributed by atoms with Crippen molar-refractivity contribution in [3.8, 4) is 0 Å². The minimum atomic E-state index is -0.430. The van der Waals surface area contributed by atoms with Crippen LogP contribution in [0.3, 0.4) is 0 Å². The molecular weight excluding hydrogens is 196 g/mol. The Hall–Kier alpha value is -1.00. The molecule has 0 aliphatic carbocycles. The molecule has 0 saturated heterocycles. The smallest absolute Gasteiger partial charge is 0.0931 e. The first-order valence-electron chi connectivity index (χ1n) is 4.53. The van der Waals surface area contributed by atoms with Crippen LogP contribution in [0.1, 0.15) is 18.1 Å². The van der Waals surface area contributed by atoms with Crippen molar-refractivity contribution in [2.45, 2.75) is 12.5 Å². The summed E-state index contributed by atoms with van der Waals surface area (Å²) in [6.45, 7) is 0. The maximum absolute atomic E-state index is 9.73. The van der Waals surface area contributed by atoms with Crippen molar-refractivity contribution in [1.82, 2.24) is 9.97 Å². The van der Waals surface area contributed by atoms with Crippen molar-refractivity contribution < 1.29 is 5.11 Å². The van der Waals surface area contributed by atoms with Gasteiger partial charge in [-0.1, -0.05) is 6.07 Å². The molecule has 74 valence electrons. The molecule has 0 radical (unpaired) electrons. The van der Waals surface area contributed by atoms with Crippen LogP contribution in [0.4, 0.5) is 0 Å². The van der Waals surface area contributed by atoms with Gasteiger partial charge in [-0.05, 0) is 29.9 Å². The number of fused-ring (bicyclic) bond motifs is 1. The van der Waals surface area contributed by atoms with Gasteiger partial charge in [0, 0.05) is 0 Å². The summed E-state index contributed by atoms with van der Waals surface area (Å²) >= 11 is 4.09. The number of nitrogens with one attached hydrogen (secondary N) is 1. The molecule has 0 amide bonds. The Kier molecular flexibility index (Phi) is 2.74. The Labute approximate surface area is 87.6 Å². The summed E-state index contributed by atoms with van der Waals surface area (Å²) in [5.74, 6) is 0.683. The highest BCUT2D eigenvalue weighted by atomic mass is 32.1. The number of hydrogen-bond acceptors (Lipinski definition) is 3. The van der Waals surface area contributed by atoms with Gasteiger partial charge in [-0.2, -0.15) is 12.6 Å². The highest BCUT2D eigenvalue weighted by Gasteiger charge is 2.07. The van der Waals surface area contributed by atoms with Crippen molar-refractivity contribution >= 4 is 23.7 Å². The molecule has 0 aliphatic heterocycles. The van der Waals surface area contributed by atoms with Crippen LogP contribution in [0, 0.1) is 0 Å². The van der Waals surface area contributed by atoms with E-state index < -0.39 is 6.10 Å². The molecule has 1 unspecified atom stereocenters. The molecule has 1 aromatic carbocycles. The summed E-state index contributed by atoms with van der Waals surface area (Å²) in [7, 11) is 0. The first kappa shape index (κ1) is 9.55. The number of rotatable bonds is 3. The van der Waals surface area contributed by atoms with Gasteiger partial charge < -0.3 is 10.1 Å². The van der Waals surface area contributed by atoms with Gasteiger partial charge in [-0.3, -0.25) is 0 Å². The van der Waals surface area contributed by atoms with E-state index in [2.05, 4.69) is 22.6 Å². The number of aromatic nitrogens is 2. The van der Waals surface area contributed by atoms with E-state index in [1.807, 2.05) is 18.2 Å². The van der Waals surface area contributed by atoms with E-state index in [1.165, 1.54) is 0 Å². The van der Waals surface area contributed by atoms with Gasteiger partial charge in [0.05, 0.1) is 23.5 Å². The van der Waals surface area contributed by atoms with Gasteiger partial charge in [0.1, 0.15) is 0 Å². The molecule has 1 atom stereocenters. The maximum Gasteiger partial charge on any atom is 0.0931 e. The summed E-state index contributed by atoms with van der Waals surface area (Å²) in [6, 6.07) is 5.73. The normalized spacial score (nSPS) is 13.3. The molecule has 0 bridgehead atoms. The van der Waals surface area contributed by atoms with Crippen LogP contribution in [0.2, 0.25) is 0 Å². The van der Waals surface area contributed by atoms with Gasteiger partial charge in [-0.25, -0.2) is 4.98 Å². The summed E-state index contributed by atoms with van der Waals surface area (Å²) in [5, 5.41) is 9.73. The quantitative estimate of drug-likeness (QED) is 0.675. The molecule has 1 aromatic heterocycles. The van der Waals surface area contributed by atoms with Crippen LogP contribution in [-0.4, -0.2) is 20.8 Å². The zero-order valence-electron chi connectivity index (χ0n) is 7.64. The van der Waals surface area contributed by atoms with Crippen molar-refractivity contribution in [3.63, 3.8) is 0 Å². The summed E-state index contributed by atoms with van der Waals surface area (Å²) in [5.41, 5.74) is 2.79. The van der Waals surface area contributed by atoms with Crippen LogP contribution in [-0.2, 0) is 0 Å². The van der Waals surface area contributed by atoms with E-state index in [-0.39, 0.29) is 0 Å². The zero-order chi connectivity index (χ0) is 9.97. The number of aromatic amines is 1. The minimum Gasteiger partial charge on any atom is -0.388 e. The number of H-pyrrole nitrogens is 1. The second-order valence-corrected chi connectivity index (χ2v) is 3.65. The fraction of sp³-hybridized carbons (Fsp3) is 0.300. The second-order valence-electron chi connectivity index (χ2n) is 3.21. The lowest BCUT2D eigenvalue weighted by Gasteiger charge is -2.08. The highest BCUT2D eigenvalue weighted by Crippen LogP contribution is 2.20. The van der Waals surface area contributed by atoms with E-state index >= 15 is 0 Å². The van der Waals surface area contributed by atoms with Crippen LogP contribution in [0.5, 0.6) is 0 Å². The Balaban J connectivity index is 2.33. The van der Waals surface area contributed by atoms with Gasteiger partial charge in [0.15, 0.2) is 0 Å². The molecule has 14 heavy (non-hydrogen) atoms. The van der Waals surface area contributed by atoms with Gasteiger partial charge in [0.2, 0.25) is 0 Å². The Morgan fingerprint density at radius 3 is 3.14 bits per heavy atom. The third-order valence-corrected chi connectivity index (χ3v) is 2.49. The first-order valence-corrected chi connectivity index (χ1v) is 5.16. The predicted octanol–water partition coefficient (Wildman–Crippen LogP) is 1.92. The van der Waals surface area contributed by atoms with Gasteiger partial charge in [0.25, 0.3) is 0 Å². The number of aliphatic hydroxyl groups excluding tert-OH is 1. The largest absolute Gasteiger partial charge is 0.388 e. The molecule has 0 spiro atoms. The van der Waals surface area contributed by atoms with Gasteiger partial charge in [-0.15, -0.1) is 0 Å². The average Bonchev–Trinajstić information content (AvgIpc) is 2.64. The van der Waals surface area contributed by atoms with E-state index in [1.54, 1.807) is 6.33 Å². The van der Waals surface area contributed by atoms with Crippen LogP contribution >= 0.6 is 12.6 Å². The Morgan fingerprint density at radius 2 is 2.36 bits per heavy atom. The predicted molar refractivity (Wildman–Crippen MR) is 59.5 cm³/mol. The minimum absolute atomic E-state index is 0.430. The second kappa shape index (κ2) is 4.02. The number of aliphatic hydroxyl groups is 1. The molecule has 1 heterocycles. The molecule has 4 heteroatoms. The maximum atomic E-state index is 9.73.